The van der Waals surface area contributed by atoms with E-state index in [2.05, 4.69) is 25.5 Å². The molecule has 5 nitrogen and oxygen atoms in total. The van der Waals surface area contributed by atoms with Crippen LogP contribution >= 0.6 is 11.6 Å². The van der Waals surface area contributed by atoms with Crippen molar-refractivity contribution in [3.63, 3.8) is 0 Å². The van der Waals surface area contributed by atoms with Gasteiger partial charge in [-0.25, -0.2) is 14.4 Å². The second kappa shape index (κ2) is 5.90. The third-order valence-electron chi connectivity index (χ3n) is 3.65. The van der Waals surface area contributed by atoms with Crippen LogP contribution in [0.2, 0.25) is 5.02 Å². The van der Waals surface area contributed by atoms with Gasteiger partial charge in [-0.1, -0.05) is 17.7 Å². The van der Waals surface area contributed by atoms with E-state index in [0.29, 0.717) is 11.5 Å². The van der Waals surface area contributed by atoms with Crippen molar-refractivity contribution in [2.45, 2.75) is 0 Å². The monoisotopic (exact) mass is 339 g/mol. The molecule has 24 heavy (non-hydrogen) atoms. The summed E-state index contributed by atoms with van der Waals surface area (Å²) in [4.78, 5) is 8.57. The first-order chi connectivity index (χ1) is 11.7. The molecule has 0 aliphatic rings. The molecular weight excluding hydrogens is 329 g/mol. The van der Waals surface area contributed by atoms with Crippen molar-refractivity contribution in [2.75, 3.05) is 5.32 Å². The predicted octanol–water partition coefficient (Wildman–Crippen LogP) is 4.56. The summed E-state index contributed by atoms with van der Waals surface area (Å²) in [5.74, 6) is 0.157. The molecule has 4 aromatic rings. The molecule has 118 valence electrons. The molecule has 4 rings (SSSR count). The second-order valence-corrected chi connectivity index (χ2v) is 5.60. The first kappa shape index (κ1) is 14.6. The minimum atomic E-state index is -0.461. The number of aromatic amines is 1. The molecule has 0 saturated heterocycles. The van der Waals surface area contributed by atoms with E-state index in [1.165, 1.54) is 18.5 Å². The van der Waals surface area contributed by atoms with Crippen LogP contribution in [0, 0.1) is 5.82 Å². The number of H-pyrrole nitrogens is 1. The third kappa shape index (κ3) is 2.68. The smallest absolute Gasteiger partial charge is 0.141 e. The Morgan fingerprint density at radius 1 is 1.04 bits per heavy atom. The van der Waals surface area contributed by atoms with Crippen LogP contribution in [0.5, 0.6) is 0 Å². The average Bonchev–Trinajstić information content (AvgIpc) is 3.13. The summed E-state index contributed by atoms with van der Waals surface area (Å²) in [7, 11) is 0. The van der Waals surface area contributed by atoms with Gasteiger partial charge in [0, 0.05) is 22.8 Å². The summed E-state index contributed by atoms with van der Waals surface area (Å²) in [5.41, 5.74) is 3.41. The minimum absolute atomic E-state index is 0.0532. The SMILES string of the molecule is Fc1ccc(Nc2ncnc3ccc(-c4cn[nH]c4)cc23)cc1Cl. The van der Waals surface area contributed by atoms with Gasteiger partial charge in [0.15, 0.2) is 0 Å². The summed E-state index contributed by atoms with van der Waals surface area (Å²) in [6, 6.07) is 10.3. The minimum Gasteiger partial charge on any atom is -0.340 e. The van der Waals surface area contributed by atoms with Crippen LogP contribution < -0.4 is 5.32 Å². The fraction of sp³-hybridized carbons (Fsp3) is 0. The summed E-state index contributed by atoms with van der Waals surface area (Å²) in [6.07, 6.45) is 5.04. The lowest BCUT2D eigenvalue weighted by molar-refractivity contribution is 0.628. The molecule has 0 fully saturated rings. The maximum absolute atomic E-state index is 13.3. The van der Waals surface area contributed by atoms with E-state index < -0.39 is 5.82 Å². The molecule has 0 bridgehead atoms. The van der Waals surface area contributed by atoms with Crippen molar-refractivity contribution in [1.82, 2.24) is 20.2 Å². The van der Waals surface area contributed by atoms with Crippen LogP contribution in [0.3, 0.4) is 0 Å². The second-order valence-electron chi connectivity index (χ2n) is 5.20. The summed E-state index contributed by atoms with van der Waals surface area (Å²) in [6.45, 7) is 0. The van der Waals surface area contributed by atoms with Crippen LogP contribution in [0.25, 0.3) is 22.0 Å². The molecular formula is C17H11ClFN5. The van der Waals surface area contributed by atoms with Crippen LogP contribution in [0.1, 0.15) is 0 Å². The highest BCUT2D eigenvalue weighted by Gasteiger charge is 2.08. The lowest BCUT2D eigenvalue weighted by Gasteiger charge is -2.10. The summed E-state index contributed by atoms with van der Waals surface area (Å²) < 4.78 is 13.3. The van der Waals surface area contributed by atoms with Gasteiger partial charge in [-0.15, -0.1) is 0 Å². The van der Waals surface area contributed by atoms with E-state index in [1.54, 1.807) is 12.3 Å². The highest BCUT2D eigenvalue weighted by atomic mass is 35.5. The first-order valence-corrected chi connectivity index (χ1v) is 7.54. The van der Waals surface area contributed by atoms with Crippen LogP contribution in [0.4, 0.5) is 15.9 Å². The Balaban J connectivity index is 1.79. The molecule has 2 aromatic heterocycles. The van der Waals surface area contributed by atoms with Crippen molar-refractivity contribution >= 4 is 34.0 Å². The lowest BCUT2D eigenvalue weighted by atomic mass is 10.1. The van der Waals surface area contributed by atoms with Gasteiger partial charge in [0.1, 0.15) is 18.0 Å². The van der Waals surface area contributed by atoms with Gasteiger partial charge < -0.3 is 5.32 Å². The van der Waals surface area contributed by atoms with Gasteiger partial charge in [0.25, 0.3) is 0 Å². The Morgan fingerprint density at radius 3 is 2.75 bits per heavy atom. The summed E-state index contributed by atoms with van der Waals surface area (Å²) >= 11 is 5.83. The van der Waals surface area contributed by atoms with Crippen molar-refractivity contribution in [2.24, 2.45) is 0 Å². The average molecular weight is 340 g/mol. The fourth-order valence-corrected chi connectivity index (χ4v) is 2.64. The normalized spacial score (nSPS) is 10.9. The van der Waals surface area contributed by atoms with Gasteiger partial charge in [0.2, 0.25) is 0 Å². The fourth-order valence-electron chi connectivity index (χ4n) is 2.46. The first-order valence-electron chi connectivity index (χ1n) is 7.17. The molecule has 0 saturated carbocycles. The van der Waals surface area contributed by atoms with E-state index >= 15 is 0 Å². The van der Waals surface area contributed by atoms with E-state index in [0.717, 1.165) is 22.0 Å². The number of aromatic nitrogens is 4. The summed E-state index contributed by atoms with van der Waals surface area (Å²) in [5, 5.41) is 10.8. The van der Waals surface area contributed by atoms with E-state index in [-0.39, 0.29) is 5.02 Å². The number of hydrogen-bond acceptors (Lipinski definition) is 4. The van der Waals surface area contributed by atoms with Crippen LogP contribution in [-0.4, -0.2) is 20.2 Å². The molecule has 0 spiro atoms. The quantitative estimate of drug-likeness (QED) is 0.574. The molecule has 2 heterocycles. The Labute approximate surface area is 141 Å². The van der Waals surface area contributed by atoms with Crippen molar-refractivity contribution in [3.05, 3.63) is 66.0 Å². The van der Waals surface area contributed by atoms with Crippen molar-refractivity contribution in [1.29, 1.82) is 0 Å². The number of fused-ring (bicyclic) bond motifs is 1. The zero-order valence-corrected chi connectivity index (χ0v) is 13.0. The third-order valence-corrected chi connectivity index (χ3v) is 3.94. The molecule has 2 aromatic carbocycles. The van der Waals surface area contributed by atoms with Gasteiger partial charge in [0.05, 0.1) is 16.7 Å². The molecule has 0 amide bonds. The zero-order valence-electron chi connectivity index (χ0n) is 12.3. The predicted molar refractivity (Wildman–Crippen MR) is 91.8 cm³/mol. The molecule has 0 radical (unpaired) electrons. The van der Waals surface area contributed by atoms with Gasteiger partial charge >= 0.3 is 0 Å². The molecule has 0 aliphatic heterocycles. The molecule has 0 unspecified atom stereocenters. The number of rotatable bonds is 3. The number of anilines is 2. The number of nitrogens with zero attached hydrogens (tertiary/aromatic N) is 3. The standard InChI is InChI=1S/C17H11ClFN5/c18-14-6-12(2-3-15(14)19)24-17-13-5-10(11-7-22-23-8-11)1-4-16(13)20-9-21-17/h1-9H,(H,22,23)(H,20,21,24). The van der Waals surface area contributed by atoms with Crippen molar-refractivity contribution in [3.8, 4) is 11.1 Å². The highest BCUT2D eigenvalue weighted by molar-refractivity contribution is 6.31. The molecule has 7 heteroatoms. The number of nitrogens with one attached hydrogen (secondary N) is 2. The largest absolute Gasteiger partial charge is 0.340 e. The van der Waals surface area contributed by atoms with Gasteiger partial charge in [-0.05, 0) is 35.9 Å². The van der Waals surface area contributed by atoms with Crippen LogP contribution in [-0.2, 0) is 0 Å². The maximum Gasteiger partial charge on any atom is 0.141 e. The Bertz CT molecular complexity index is 1020. The van der Waals surface area contributed by atoms with Gasteiger partial charge in [-0.3, -0.25) is 5.10 Å². The number of hydrogen-bond donors (Lipinski definition) is 2. The van der Waals surface area contributed by atoms with E-state index in [4.69, 9.17) is 11.6 Å². The van der Waals surface area contributed by atoms with E-state index in [1.807, 2.05) is 24.4 Å². The van der Waals surface area contributed by atoms with Gasteiger partial charge in [-0.2, -0.15) is 5.10 Å². The molecule has 0 aliphatic carbocycles. The lowest BCUT2D eigenvalue weighted by Crippen LogP contribution is -1.96. The zero-order chi connectivity index (χ0) is 16.5. The van der Waals surface area contributed by atoms with Crippen LogP contribution in [0.15, 0.2) is 55.1 Å². The maximum atomic E-state index is 13.3. The number of halogens is 2. The Morgan fingerprint density at radius 2 is 1.96 bits per heavy atom. The van der Waals surface area contributed by atoms with E-state index in [9.17, 15) is 4.39 Å². The van der Waals surface area contributed by atoms with Crippen molar-refractivity contribution < 1.29 is 4.39 Å². The Hall–Kier alpha value is -2.99. The molecule has 2 N–H and O–H groups in total. The topological polar surface area (TPSA) is 66.5 Å². The molecule has 0 atom stereocenters. The highest BCUT2D eigenvalue weighted by Crippen LogP contribution is 2.29. The Kier molecular flexibility index (Phi) is 3.59. The number of benzene rings is 2.